The van der Waals surface area contributed by atoms with Crippen molar-refractivity contribution in [2.45, 2.75) is 31.3 Å². The van der Waals surface area contributed by atoms with Crippen LogP contribution in [0.4, 0.5) is 0 Å². The predicted octanol–water partition coefficient (Wildman–Crippen LogP) is 2.13. The second-order valence-electron chi connectivity index (χ2n) is 7.01. The quantitative estimate of drug-likeness (QED) is 0.857. The molecule has 0 aromatic carbocycles. The summed E-state index contributed by atoms with van der Waals surface area (Å²) in [6, 6.07) is 4.11. The summed E-state index contributed by atoms with van der Waals surface area (Å²) < 4.78 is 6.21. The molecule has 2 aromatic rings. The number of pyridine rings is 1. The molecule has 2 fully saturated rings. The number of hydrogen-bond acceptors (Lipinski definition) is 5. The van der Waals surface area contributed by atoms with Crippen molar-refractivity contribution in [2.75, 3.05) is 19.7 Å². The highest BCUT2D eigenvalue weighted by Gasteiger charge is 2.43. The first-order valence-electron chi connectivity index (χ1n) is 8.82. The summed E-state index contributed by atoms with van der Waals surface area (Å²) in [5, 5.41) is 0. The van der Waals surface area contributed by atoms with Gasteiger partial charge in [-0.25, -0.2) is 4.98 Å². The molecule has 4 heterocycles. The highest BCUT2D eigenvalue weighted by atomic mass is 16.5. The van der Waals surface area contributed by atoms with Gasteiger partial charge in [-0.1, -0.05) is 6.07 Å². The molecule has 0 radical (unpaired) electrons. The third kappa shape index (κ3) is 3.54. The summed E-state index contributed by atoms with van der Waals surface area (Å²) in [6.07, 6.45) is 12.3. The first kappa shape index (κ1) is 16.1. The van der Waals surface area contributed by atoms with Crippen molar-refractivity contribution in [1.29, 1.82) is 0 Å². The molecule has 1 spiro atoms. The van der Waals surface area contributed by atoms with Gasteiger partial charge in [0.1, 0.15) is 5.69 Å². The molecule has 0 bridgehead atoms. The second kappa shape index (κ2) is 6.88. The number of hydrogen-bond donors (Lipinski definition) is 0. The first-order valence-corrected chi connectivity index (χ1v) is 8.82. The van der Waals surface area contributed by atoms with Crippen molar-refractivity contribution in [2.24, 2.45) is 5.92 Å². The molecule has 1 unspecified atom stereocenters. The van der Waals surface area contributed by atoms with E-state index in [0.29, 0.717) is 11.6 Å². The molecule has 25 heavy (non-hydrogen) atoms. The normalized spacial score (nSPS) is 22.2. The van der Waals surface area contributed by atoms with Gasteiger partial charge in [0.2, 0.25) is 0 Å². The largest absolute Gasteiger partial charge is 0.375 e. The van der Waals surface area contributed by atoms with Gasteiger partial charge in [-0.3, -0.25) is 14.8 Å². The second-order valence-corrected chi connectivity index (χ2v) is 7.01. The SMILES string of the molecule is O=C(c1cnccn1)N1CCC2(CC1)CC(Cc1cccnc1)CO2. The lowest BCUT2D eigenvalue weighted by molar-refractivity contribution is -0.0391. The maximum atomic E-state index is 12.5. The number of carbonyl (C=O) groups excluding carboxylic acids is 1. The lowest BCUT2D eigenvalue weighted by Crippen LogP contribution is -2.46. The fraction of sp³-hybridized carbons (Fsp3) is 0.474. The van der Waals surface area contributed by atoms with E-state index in [1.165, 1.54) is 11.8 Å². The number of amides is 1. The molecule has 130 valence electrons. The maximum Gasteiger partial charge on any atom is 0.274 e. The fourth-order valence-corrected chi connectivity index (χ4v) is 3.96. The number of piperidine rings is 1. The topological polar surface area (TPSA) is 68.2 Å². The van der Waals surface area contributed by atoms with Crippen LogP contribution in [-0.2, 0) is 11.2 Å². The minimum Gasteiger partial charge on any atom is -0.375 e. The molecule has 1 atom stereocenters. The van der Waals surface area contributed by atoms with Gasteiger partial charge in [-0.2, -0.15) is 0 Å². The van der Waals surface area contributed by atoms with Crippen molar-refractivity contribution in [3.8, 4) is 0 Å². The van der Waals surface area contributed by atoms with E-state index < -0.39 is 0 Å². The van der Waals surface area contributed by atoms with Crippen LogP contribution in [0.2, 0.25) is 0 Å². The van der Waals surface area contributed by atoms with Crippen LogP contribution in [0.15, 0.2) is 43.1 Å². The van der Waals surface area contributed by atoms with E-state index in [1.807, 2.05) is 17.2 Å². The Morgan fingerprint density at radius 1 is 1.20 bits per heavy atom. The molecule has 2 aromatic heterocycles. The van der Waals surface area contributed by atoms with Crippen LogP contribution in [0.3, 0.4) is 0 Å². The Morgan fingerprint density at radius 2 is 2.04 bits per heavy atom. The molecule has 2 saturated heterocycles. The molecule has 6 nitrogen and oxygen atoms in total. The van der Waals surface area contributed by atoms with Crippen molar-refractivity contribution >= 4 is 5.91 Å². The number of nitrogens with zero attached hydrogens (tertiary/aromatic N) is 4. The van der Waals surface area contributed by atoms with Gasteiger partial charge in [-0.15, -0.1) is 0 Å². The van der Waals surface area contributed by atoms with Crippen LogP contribution >= 0.6 is 0 Å². The van der Waals surface area contributed by atoms with Gasteiger partial charge in [-0.05, 0) is 43.2 Å². The van der Waals surface area contributed by atoms with Crippen molar-refractivity contribution in [1.82, 2.24) is 19.9 Å². The number of rotatable bonds is 3. The smallest absolute Gasteiger partial charge is 0.274 e. The molecule has 1 amide bonds. The van der Waals surface area contributed by atoms with Crippen LogP contribution in [0.5, 0.6) is 0 Å². The molecule has 0 saturated carbocycles. The lowest BCUT2D eigenvalue weighted by Gasteiger charge is -2.38. The zero-order valence-corrected chi connectivity index (χ0v) is 14.2. The average molecular weight is 338 g/mol. The maximum absolute atomic E-state index is 12.5. The van der Waals surface area contributed by atoms with Crippen molar-refractivity contribution in [3.05, 3.63) is 54.4 Å². The van der Waals surface area contributed by atoms with E-state index in [0.717, 1.165) is 45.4 Å². The summed E-state index contributed by atoms with van der Waals surface area (Å²) >= 11 is 0. The van der Waals surface area contributed by atoms with Gasteiger partial charge >= 0.3 is 0 Å². The highest BCUT2D eigenvalue weighted by molar-refractivity contribution is 5.92. The van der Waals surface area contributed by atoms with E-state index in [9.17, 15) is 4.79 Å². The van der Waals surface area contributed by atoms with Gasteiger partial charge in [0.25, 0.3) is 5.91 Å². The Labute approximate surface area is 147 Å². The van der Waals surface area contributed by atoms with Gasteiger partial charge in [0.15, 0.2) is 0 Å². The van der Waals surface area contributed by atoms with Crippen molar-refractivity contribution in [3.63, 3.8) is 0 Å². The van der Waals surface area contributed by atoms with E-state index in [1.54, 1.807) is 18.6 Å². The van der Waals surface area contributed by atoms with Crippen LogP contribution in [-0.4, -0.2) is 51.1 Å². The Balaban J connectivity index is 1.33. The molecule has 0 aliphatic carbocycles. The van der Waals surface area contributed by atoms with E-state index in [2.05, 4.69) is 21.0 Å². The number of ether oxygens (including phenoxy) is 1. The molecular formula is C19H22N4O2. The molecule has 2 aliphatic heterocycles. The molecule has 6 heteroatoms. The summed E-state index contributed by atoms with van der Waals surface area (Å²) in [4.78, 5) is 26.6. The van der Waals surface area contributed by atoms with E-state index in [4.69, 9.17) is 4.74 Å². The molecular weight excluding hydrogens is 316 g/mol. The molecule has 4 rings (SSSR count). The number of carbonyl (C=O) groups is 1. The fourth-order valence-electron chi connectivity index (χ4n) is 3.96. The average Bonchev–Trinajstić information content (AvgIpc) is 3.05. The van der Waals surface area contributed by atoms with E-state index in [-0.39, 0.29) is 11.5 Å². The van der Waals surface area contributed by atoms with Crippen molar-refractivity contribution < 1.29 is 9.53 Å². The number of aromatic nitrogens is 3. The van der Waals surface area contributed by atoms with Gasteiger partial charge < -0.3 is 9.64 Å². The number of likely N-dealkylation sites (tertiary alicyclic amines) is 1. The van der Waals surface area contributed by atoms with Crippen LogP contribution in [0.1, 0.15) is 35.3 Å². The van der Waals surface area contributed by atoms with Gasteiger partial charge in [0.05, 0.1) is 18.4 Å². The Hall–Kier alpha value is -2.34. The standard InChI is InChI=1S/C19H22N4O2/c24-18(17-13-21-6-7-22-17)23-8-3-19(4-9-23)11-16(14-25-19)10-15-2-1-5-20-12-15/h1-2,5-7,12-13,16H,3-4,8-11,14H2. The van der Waals surface area contributed by atoms with Crippen LogP contribution < -0.4 is 0 Å². The minimum absolute atomic E-state index is 0.0344. The third-order valence-electron chi connectivity index (χ3n) is 5.28. The van der Waals surface area contributed by atoms with Gasteiger partial charge in [0, 0.05) is 37.9 Å². The predicted molar refractivity (Wildman–Crippen MR) is 91.9 cm³/mol. The summed E-state index contributed by atoms with van der Waals surface area (Å²) in [7, 11) is 0. The minimum atomic E-state index is -0.0635. The lowest BCUT2D eigenvalue weighted by atomic mass is 9.83. The highest BCUT2D eigenvalue weighted by Crippen LogP contribution is 2.39. The Morgan fingerprint density at radius 3 is 2.76 bits per heavy atom. The van der Waals surface area contributed by atoms with Crippen LogP contribution in [0, 0.1) is 5.92 Å². The zero-order chi connectivity index (χ0) is 17.1. The molecule has 0 N–H and O–H groups in total. The first-order chi connectivity index (χ1) is 12.2. The Kier molecular flexibility index (Phi) is 4.44. The summed E-state index contributed by atoms with van der Waals surface area (Å²) in [6.45, 7) is 2.23. The Bertz CT molecular complexity index is 715. The zero-order valence-electron chi connectivity index (χ0n) is 14.2. The molecule has 2 aliphatic rings. The summed E-state index contributed by atoms with van der Waals surface area (Å²) in [5.74, 6) is 0.499. The van der Waals surface area contributed by atoms with E-state index >= 15 is 0 Å². The summed E-state index contributed by atoms with van der Waals surface area (Å²) in [5.41, 5.74) is 1.62. The third-order valence-corrected chi connectivity index (χ3v) is 5.28. The van der Waals surface area contributed by atoms with Crippen LogP contribution in [0.25, 0.3) is 0 Å². The monoisotopic (exact) mass is 338 g/mol.